The van der Waals surface area contributed by atoms with Crippen molar-refractivity contribution >= 4 is 9.73 Å². The van der Waals surface area contributed by atoms with Crippen molar-refractivity contribution in [1.29, 1.82) is 0 Å². The van der Waals surface area contributed by atoms with Gasteiger partial charge in [0.2, 0.25) is 0 Å². The average molecular weight is 164 g/mol. The molecule has 0 saturated heterocycles. The normalized spacial score (nSPS) is 14.8. The molecule has 1 N–H and O–H groups in total. The molecule has 0 spiro atoms. The van der Waals surface area contributed by atoms with Gasteiger partial charge in [0.15, 0.2) is 0 Å². The molecule has 0 aliphatic heterocycles. The molecule has 3 nitrogen and oxygen atoms in total. The molecule has 0 heterocycles. The summed E-state index contributed by atoms with van der Waals surface area (Å²) in [6.45, 7) is 2.64. The zero-order chi connectivity index (χ0) is 8.20. The van der Waals surface area contributed by atoms with Crippen LogP contribution in [0.3, 0.4) is 0 Å². The molecule has 0 radical (unpaired) electrons. The molecule has 0 saturated carbocycles. The first-order valence-electron chi connectivity index (χ1n) is 3.26. The number of hydrogen-bond donors (Lipinski definition) is 1. The third kappa shape index (κ3) is 6.04. The molecule has 0 aromatic rings. The van der Waals surface area contributed by atoms with Crippen LogP contribution in [0.15, 0.2) is 4.36 Å². The van der Waals surface area contributed by atoms with E-state index in [-0.39, 0.29) is 0 Å². The molecule has 0 aromatic heterocycles. The van der Waals surface area contributed by atoms with Crippen molar-refractivity contribution in [2.45, 2.75) is 13.0 Å². The minimum absolute atomic E-state index is 0.320. The second-order valence-electron chi connectivity index (χ2n) is 2.68. The fourth-order valence-electron chi connectivity index (χ4n) is 0.383. The van der Waals surface area contributed by atoms with Crippen LogP contribution in [0.5, 0.6) is 0 Å². The zero-order valence-corrected chi connectivity index (χ0v) is 7.86. The highest BCUT2D eigenvalue weighted by molar-refractivity contribution is 7.92. The Labute approximate surface area is 63.4 Å². The van der Waals surface area contributed by atoms with Crippen LogP contribution in [0, 0.1) is 0 Å². The van der Waals surface area contributed by atoms with Crippen LogP contribution in [0.25, 0.3) is 0 Å². The molecule has 0 bridgehead atoms. The lowest BCUT2D eigenvalue weighted by Crippen LogP contribution is -2.24. The van der Waals surface area contributed by atoms with Crippen LogP contribution >= 0.6 is 0 Å². The third-order valence-corrected chi connectivity index (χ3v) is 1.92. The van der Waals surface area contributed by atoms with Gasteiger partial charge in [-0.1, -0.05) is 0 Å². The summed E-state index contributed by atoms with van der Waals surface area (Å²) in [6, 6.07) is 0.320. The lowest BCUT2D eigenvalue weighted by atomic mass is 10.4. The number of nitrogens with one attached hydrogen (secondary N) is 1. The molecular weight excluding hydrogens is 148 g/mol. The van der Waals surface area contributed by atoms with Crippen molar-refractivity contribution < 1.29 is 4.21 Å². The number of hydrogen-bond acceptors (Lipinski definition) is 3. The maximum Gasteiger partial charge on any atom is 0.0634 e. The van der Waals surface area contributed by atoms with Gasteiger partial charge >= 0.3 is 0 Å². The fraction of sp³-hybridized carbons (Fsp3) is 1.00. The van der Waals surface area contributed by atoms with E-state index in [9.17, 15) is 4.21 Å². The average Bonchev–Trinajstić information content (AvgIpc) is 1.81. The first-order valence-corrected chi connectivity index (χ1v) is 5.59. The third-order valence-electron chi connectivity index (χ3n) is 1.15. The van der Waals surface area contributed by atoms with Crippen LogP contribution < -0.4 is 5.32 Å². The molecule has 4 heteroatoms. The molecule has 0 rings (SSSR count). The summed E-state index contributed by atoms with van der Waals surface area (Å²) in [5, 5.41) is 3.02. The van der Waals surface area contributed by atoms with Crippen molar-refractivity contribution in [3.8, 4) is 0 Å². The lowest BCUT2D eigenvalue weighted by Gasteiger charge is -2.05. The van der Waals surface area contributed by atoms with E-state index >= 15 is 0 Å². The van der Waals surface area contributed by atoms with Gasteiger partial charge < -0.3 is 5.32 Å². The van der Waals surface area contributed by atoms with Crippen LogP contribution in [0.1, 0.15) is 6.92 Å². The minimum atomic E-state index is -1.89. The van der Waals surface area contributed by atoms with Crippen LogP contribution in [-0.4, -0.2) is 36.4 Å². The summed E-state index contributed by atoms with van der Waals surface area (Å²) in [5.74, 6) is 0. The molecule has 0 amide bonds. The van der Waals surface area contributed by atoms with Crippen molar-refractivity contribution in [2.75, 3.05) is 26.1 Å². The van der Waals surface area contributed by atoms with Crippen molar-refractivity contribution in [1.82, 2.24) is 5.32 Å². The molecule has 0 fully saturated rings. The molecule has 62 valence electrons. The summed E-state index contributed by atoms with van der Waals surface area (Å²) in [4.78, 5) is 0. The Bertz CT molecular complexity index is 186. The Kier molecular flexibility index (Phi) is 3.89. The molecule has 1 atom stereocenters. The predicted molar refractivity (Wildman–Crippen MR) is 45.8 cm³/mol. The van der Waals surface area contributed by atoms with Gasteiger partial charge in [-0.25, -0.2) is 4.36 Å². The molecule has 0 aliphatic rings. The van der Waals surface area contributed by atoms with E-state index in [0.29, 0.717) is 12.6 Å². The van der Waals surface area contributed by atoms with Gasteiger partial charge in [-0.2, -0.15) is 0 Å². The molecule has 0 aliphatic carbocycles. The molecule has 1 unspecified atom stereocenters. The smallest absolute Gasteiger partial charge is 0.0634 e. The Morgan fingerprint density at radius 2 is 2.10 bits per heavy atom. The summed E-state index contributed by atoms with van der Waals surface area (Å²) >= 11 is 0. The largest absolute Gasteiger partial charge is 0.315 e. The van der Waals surface area contributed by atoms with Gasteiger partial charge in [0.05, 0.1) is 6.54 Å². The van der Waals surface area contributed by atoms with Crippen LogP contribution in [-0.2, 0) is 9.73 Å². The standard InChI is InChI=1S/C6H16N2OS/c1-6(7-2)5-8-10(3,4)9/h6-7H,5H2,1-4H3. The summed E-state index contributed by atoms with van der Waals surface area (Å²) < 4.78 is 15.0. The van der Waals surface area contributed by atoms with E-state index < -0.39 is 9.73 Å². The Hall–Kier alpha value is -0.0900. The topological polar surface area (TPSA) is 41.5 Å². The fourth-order valence-corrected chi connectivity index (χ4v) is 0.965. The van der Waals surface area contributed by atoms with Crippen LogP contribution in [0.4, 0.5) is 0 Å². The maximum absolute atomic E-state index is 11.0. The van der Waals surface area contributed by atoms with Crippen LogP contribution in [0.2, 0.25) is 0 Å². The molecule has 0 aromatic carbocycles. The second kappa shape index (κ2) is 3.93. The molecule has 10 heavy (non-hydrogen) atoms. The molecular formula is C6H16N2OS. The minimum Gasteiger partial charge on any atom is -0.315 e. The highest BCUT2D eigenvalue weighted by atomic mass is 32.2. The monoisotopic (exact) mass is 164 g/mol. The highest BCUT2D eigenvalue weighted by Crippen LogP contribution is 1.87. The van der Waals surface area contributed by atoms with Gasteiger partial charge in [0, 0.05) is 28.3 Å². The summed E-state index contributed by atoms with van der Waals surface area (Å²) in [6.07, 6.45) is 3.30. The predicted octanol–water partition coefficient (Wildman–Crippen LogP) is 0.322. The van der Waals surface area contributed by atoms with Gasteiger partial charge in [-0.3, -0.25) is 4.21 Å². The Balaban J connectivity index is 3.86. The SMILES string of the molecule is CNC(C)CN=S(C)(C)=O. The van der Waals surface area contributed by atoms with Crippen molar-refractivity contribution in [3.63, 3.8) is 0 Å². The van der Waals surface area contributed by atoms with E-state index in [1.165, 1.54) is 0 Å². The highest BCUT2D eigenvalue weighted by Gasteiger charge is 1.95. The van der Waals surface area contributed by atoms with E-state index in [2.05, 4.69) is 9.68 Å². The van der Waals surface area contributed by atoms with Crippen molar-refractivity contribution in [2.24, 2.45) is 4.36 Å². The Morgan fingerprint density at radius 1 is 1.60 bits per heavy atom. The lowest BCUT2D eigenvalue weighted by molar-refractivity contribution is 0.620. The second-order valence-corrected chi connectivity index (χ2v) is 5.30. The zero-order valence-electron chi connectivity index (χ0n) is 7.05. The van der Waals surface area contributed by atoms with E-state index in [1.54, 1.807) is 12.5 Å². The summed E-state index contributed by atoms with van der Waals surface area (Å²) in [5.41, 5.74) is 0. The number of likely N-dealkylation sites (N-methyl/N-ethyl adjacent to an activating group) is 1. The first kappa shape index (κ1) is 9.91. The quantitative estimate of drug-likeness (QED) is 0.653. The van der Waals surface area contributed by atoms with Gasteiger partial charge in [0.1, 0.15) is 0 Å². The van der Waals surface area contributed by atoms with Crippen molar-refractivity contribution in [3.05, 3.63) is 0 Å². The first-order chi connectivity index (χ1) is 4.45. The Morgan fingerprint density at radius 3 is 2.40 bits per heavy atom. The van der Waals surface area contributed by atoms with E-state index in [1.807, 2.05) is 14.0 Å². The maximum atomic E-state index is 11.0. The van der Waals surface area contributed by atoms with E-state index in [4.69, 9.17) is 0 Å². The summed E-state index contributed by atoms with van der Waals surface area (Å²) in [7, 11) is -0.0259. The number of rotatable bonds is 3. The van der Waals surface area contributed by atoms with Gasteiger partial charge in [0.25, 0.3) is 0 Å². The van der Waals surface area contributed by atoms with E-state index in [0.717, 1.165) is 0 Å². The van der Waals surface area contributed by atoms with Gasteiger partial charge in [-0.15, -0.1) is 0 Å². The van der Waals surface area contributed by atoms with Gasteiger partial charge in [-0.05, 0) is 14.0 Å². The number of nitrogens with zero attached hydrogens (tertiary/aromatic N) is 1.